The van der Waals surface area contributed by atoms with Gasteiger partial charge in [-0.15, -0.1) is 10.2 Å². The van der Waals surface area contributed by atoms with Crippen molar-refractivity contribution in [1.82, 2.24) is 10.2 Å². The number of aryl methyl sites for hydroxylation is 1. The van der Waals surface area contributed by atoms with E-state index in [4.69, 9.17) is 14.9 Å². The minimum Gasteiger partial charge on any atom is -0.496 e. The average molecular weight is 265 g/mol. The van der Waals surface area contributed by atoms with Gasteiger partial charge in [0.2, 0.25) is 5.89 Å². The van der Waals surface area contributed by atoms with E-state index in [9.17, 15) is 0 Å². The molecule has 0 radical (unpaired) electrons. The van der Waals surface area contributed by atoms with Gasteiger partial charge < -0.3 is 14.9 Å². The fourth-order valence-corrected chi connectivity index (χ4v) is 2.31. The Hall–Kier alpha value is -1.53. The number of benzene rings is 1. The van der Waals surface area contributed by atoms with Crippen molar-refractivity contribution in [3.8, 4) is 5.75 Å². The molecule has 0 saturated heterocycles. The average Bonchev–Trinajstić information content (AvgIpc) is 2.81. The Kier molecular flexibility index (Phi) is 4.22. The van der Waals surface area contributed by atoms with Crippen LogP contribution in [0, 0.1) is 6.92 Å². The molecular formula is C12H15N3O2S. The van der Waals surface area contributed by atoms with Crippen molar-refractivity contribution in [2.75, 3.05) is 7.11 Å². The van der Waals surface area contributed by atoms with E-state index < -0.39 is 0 Å². The number of rotatable bonds is 5. The topological polar surface area (TPSA) is 74.2 Å². The van der Waals surface area contributed by atoms with E-state index in [1.807, 2.05) is 18.2 Å². The number of aromatic nitrogens is 2. The van der Waals surface area contributed by atoms with E-state index >= 15 is 0 Å². The van der Waals surface area contributed by atoms with Crippen molar-refractivity contribution in [2.45, 2.75) is 24.4 Å². The predicted molar refractivity (Wildman–Crippen MR) is 69.5 cm³/mol. The minimum absolute atomic E-state index is 0.460. The molecule has 1 heterocycles. The largest absolute Gasteiger partial charge is 0.496 e. The van der Waals surface area contributed by atoms with Crippen molar-refractivity contribution < 1.29 is 9.15 Å². The summed E-state index contributed by atoms with van der Waals surface area (Å²) in [7, 11) is 1.64. The number of ether oxygens (including phenoxy) is 1. The molecule has 5 nitrogen and oxygen atoms in total. The summed E-state index contributed by atoms with van der Waals surface area (Å²) in [5.74, 6) is 2.16. The highest BCUT2D eigenvalue weighted by atomic mass is 32.2. The molecule has 96 valence electrons. The Balaban J connectivity index is 2.05. The van der Waals surface area contributed by atoms with Gasteiger partial charge in [0.1, 0.15) is 5.75 Å². The summed E-state index contributed by atoms with van der Waals surface area (Å²) in [6.45, 7) is 2.23. The molecule has 0 aliphatic heterocycles. The normalized spacial score (nSPS) is 10.6. The van der Waals surface area contributed by atoms with E-state index in [-0.39, 0.29) is 0 Å². The molecule has 0 aliphatic rings. The number of hydrogen-bond acceptors (Lipinski definition) is 6. The van der Waals surface area contributed by atoms with Crippen LogP contribution in [0.25, 0.3) is 0 Å². The van der Waals surface area contributed by atoms with Crippen molar-refractivity contribution >= 4 is 11.8 Å². The highest BCUT2D eigenvalue weighted by Crippen LogP contribution is 2.25. The standard InChI is InChI=1S/C12H15N3O2S/c1-8-14-15-12(17-8)18-7-9-3-4-11(16-2)10(5-9)6-13/h3-5H,6-7,13H2,1-2H3. The van der Waals surface area contributed by atoms with Crippen LogP contribution < -0.4 is 10.5 Å². The van der Waals surface area contributed by atoms with Gasteiger partial charge >= 0.3 is 0 Å². The lowest BCUT2D eigenvalue weighted by Crippen LogP contribution is -2.00. The summed E-state index contributed by atoms with van der Waals surface area (Å²) in [5.41, 5.74) is 7.83. The Morgan fingerprint density at radius 2 is 2.22 bits per heavy atom. The molecule has 0 aliphatic carbocycles. The zero-order valence-corrected chi connectivity index (χ0v) is 11.2. The number of nitrogens with zero attached hydrogens (tertiary/aromatic N) is 2. The van der Waals surface area contributed by atoms with Gasteiger partial charge in [0.15, 0.2) is 0 Å². The summed E-state index contributed by atoms with van der Waals surface area (Å²) >= 11 is 1.51. The maximum Gasteiger partial charge on any atom is 0.276 e. The van der Waals surface area contributed by atoms with Gasteiger partial charge in [0, 0.05) is 24.8 Å². The zero-order valence-electron chi connectivity index (χ0n) is 10.3. The van der Waals surface area contributed by atoms with E-state index in [1.165, 1.54) is 11.8 Å². The van der Waals surface area contributed by atoms with Crippen LogP contribution in [0.5, 0.6) is 5.75 Å². The molecule has 6 heteroatoms. The molecule has 18 heavy (non-hydrogen) atoms. The second-order valence-corrected chi connectivity index (χ2v) is 4.65. The Labute approximate surface area is 110 Å². The monoisotopic (exact) mass is 265 g/mol. The second kappa shape index (κ2) is 5.88. The first-order valence-electron chi connectivity index (χ1n) is 5.51. The minimum atomic E-state index is 0.460. The van der Waals surface area contributed by atoms with Crippen LogP contribution in [0.4, 0.5) is 0 Å². The maximum absolute atomic E-state index is 5.68. The third-order valence-electron chi connectivity index (χ3n) is 2.43. The van der Waals surface area contributed by atoms with E-state index in [0.717, 1.165) is 22.6 Å². The van der Waals surface area contributed by atoms with Crippen molar-refractivity contribution in [3.05, 3.63) is 35.2 Å². The van der Waals surface area contributed by atoms with Crippen LogP contribution in [0.15, 0.2) is 27.8 Å². The van der Waals surface area contributed by atoms with Crippen molar-refractivity contribution in [3.63, 3.8) is 0 Å². The van der Waals surface area contributed by atoms with Crippen LogP contribution >= 0.6 is 11.8 Å². The lowest BCUT2D eigenvalue weighted by Gasteiger charge is -2.08. The third kappa shape index (κ3) is 3.02. The van der Waals surface area contributed by atoms with E-state index in [1.54, 1.807) is 14.0 Å². The summed E-state index contributed by atoms with van der Waals surface area (Å²) in [4.78, 5) is 0. The van der Waals surface area contributed by atoms with Gasteiger partial charge in [-0.3, -0.25) is 0 Å². The van der Waals surface area contributed by atoms with Gasteiger partial charge in [-0.1, -0.05) is 17.8 Å². The van der Waals surface area contributed by atoms with Crippen LogP contribution in [0.2, 0.25) is 0 Å². The second-order valence-electron chi connectivity index (χ2n) is 3.73. The first kappa shape index (κ1) is 12.9. The SMILES string of the molecule is COc1ccc(CSc2nnc(C)o2)cc1CN. The molecule has 2 N–H and O–H groups in total. The molecule has 0 fully saturated rings. The first-order chi connectivity index (χ1) is 8.72. The summed E-state index contributed by atoms with van der Waals surface area (Å²) < 4.78 is 10.5. The lowest BCUT2D eigenvalue weighted by molar-refractivity contribution is 0.409. The smallest absolute Gasteiger partial charge is 0.276 e. The summed E-state index contributed by atoms with van der Waals surface area (Å²) in [6, 6.07) is 5.97. The van der Waals surface area contributed by atoms with Gasteiger partial charge in [0.25, 0.3) is 5.22 Å². The molecule has 1 aromatic carbocycles. The Morgan fingerprint density at radius 1 is 1.39 bits per heavy atom. The number of nitrogens with two attached hydrogens (primary N) is 1. The number of methoxy groups -OCH3 is 1. The van der Waals surface area contributed by atoms with Crippen LogP contribution in [-0.4, -0.2) is 17.3 Å². The molecule has 0 spiro atoms. The number of hydrogen-bond donors (Lipinski definition) is 1. The zero-order chi connectivity index (χ0) is 13.0. The highest BCUT2D eigenvalue weighted by molar-refractivity contribution is 7.98. The summed E-state index contributed by atoms with van der Waals surface area (Å²) in [5, 5.41) is 8.30. The molecule has 0 atom stereocenters. The van der Waals surface area contributed by atoms with Crippen LogP contribution in [0.3, 0.4) is 0 Å². The Morgan fingerprint density at radius 3 is 2.83 bits per heavy atom. The van der Waals surface area contributed by atoms with Crippen LogP contribution in [-0.2, 0) is 12.3 Å². The fraction of sp³-hybridized carbons (Fsp3) is 0.333. The number of thioether (sulfide) groups is 1. The quantitative estimate of drug-likeness (QED) is 0.835. The highest BCUT2D eigenvalue weighted by Gasteiger charge is 2.06. The van der Waals surface area contributed by atoms with Crippen molar-refractivity contribution in [1.29, 1.82) is 0 Å². The van der Waals surface area contributed by atoms with Gasteiger partial charge in [-0.2, -0.15) is 0 Å². The predicted octanol–water partition coefficient (Wildman–Crippen LogP) is 2.14. The Bertz CT molecular complexity index is 528. The fourth-order valence-electron chi connectivity index (χ4n) is 1.56. The molecule has 0 bridgehead atoms. The molecule has 2 rings (SSSR count). The molecule has 0 amide bonds. The third-order valence-corrected chi connectivity index (χ3v) is 3.32. The van der Waals surface area contributed by atoms with Gasteiger partial charge in [-0.05, 0) is 17.7 Å². The maximum atomic E-state index is 5.68. The molecule has 2 aromatic rings. The lowest BCUT2D eigenvalue weighted by atomic mass is 10.1. The van der Waals surface area contributed by atoms with Gasteiger partial charge in [-0.25, -0.2) is 0 Å². The van der Waals surface area contributed by atoms with Gasteiger partial charge in [0.05, 0.1) is 7.11 Å². The molecule has 0 saturated carbocycles. The van der Waals surface area contributed by atoms with E-state index in [2.05, 4.69) is 10.2 Å². The van der Waals surface area contributed by atoms with Crippen molar-refractivity contribution in [2.24, 2.45) is 5.73 Å². The first-order valence-corrected chi connectivity index (χ1v) is 6.50. The molecule has 0 unspecified atom stereocenters. The van der Waals surface area contributed by atoms with Crippen LogP contribution in [0.1, 0.15) is 17.0 Å². The molecular weight excluding hydrogens is 250 g/mol. The van der Waals surface area contributed by atoms with E-state index in [0.29, 0.717) is 17.7 Å². The molecule has 1 aromatic heterocycles. The summed E-state index contributed by atoms with van der Waals surface area (Å²) in [6.07, 6.45) is 0.